The number of para-hydroxylation sites is 3. The number of pyridine rings is 1. The zero-order valence-electron chi connectivity index (χ0n) is 14.1. The normalized spacial score (nSPS) is 12.4. The van der Waals surface area contributed by atoms with Gasteiger partial charge in [0.05, 0.1) is 16.6 Å². The molecule has 0 radical (unpaired) electrons. The lowest BCUT2D eigenvalue weighted by atomic mass is 10.1. The van der Waals surface area contributed by atoms with E-state index in [1.165, 1.54) is 6.07 Å². The Morgan fingerprint density at radius 3 is 2.48 bits per heavy atom. The van der Waals surface area contributed by atoms with Crippen LogP contribution in [0.1, 0.15) is 5.69 Å². The molecule has 0 aliphatic carbocycles. The maximum atomic E-state index is 13.0. The Hall–Kier alpha value is -3.35. The maximum Gasteiger partial charge on any atom is 0.433 e. The van der Waals surface area contributed by atoms with Crippen LogP contribution < -0.4 is 0 Å². The van der Waals surface area contributed by atoms with E-state index in [1.807, 2.05) is 54.1 Å². The average Bonchev–Trinajstić information content (AvgIpc) is 3.18. The largest absolute Gasteiger partial charge is 0.437 e. The van der Waals surface area contributed by atoms with E-state index in [4.69, 9.17) is 4.42 Å². The van der Waals surface area contributed by atoms with Gasteiger partial charge in [-0.3, -0.25) is 0 Å². The van der Waals surface area contributed by atoms with Crippen LogP contribution >= 0.6 is 0 Å². The first kappa shape index (κ1) is 15.9. The number of furan rings is 1. The number of aryl methyl sites for hydroxylation is 1. The number of hydrogen-bond donors (Lipinski definition) is 0. The number of rotatable bonds is 1. The fourth-order valence-corrected chi connectivity index (χ4v) is 3.40. The molecule has 3 heterocycles. The topological polar surface area (TPSA) is 43.9 Å². The monoisotopic (exact) mass is 367 g/mol. The molecule has 0 unspecified atom stereocenters. The van der Waals surface area contributed by atoms with Crippen molar-refractivity contribution in [2.45, 2.75) is 6.18 Å². The minimum Gasteiger partial charge on any atom is -0.437 e. The second-order valence-corrected chi connectivity index (χ2v) is 6.31. The van der Waals surface area contributed by atoms with Gasteiger partial charge in [0.1, 0.15) is 17.1 Å². The summed E-state index contributed by atoms with van der Waals surface area (Å²) in [5.74, 6) is 0.678. The molecule has 3 aromatic heterocycles. The van der Waals surface area contributed by atoms with Crippen molar-refractivity contribution in [2.24, 2.45) is 7.05 Å². The minimum absolute atomic E-state index is 0.0361. The van der Waals surface area contributed by atoms with Crippen molar-refractivity contribution in [3.05, 3.63) is 60.3 Å². The molecule has 5 aromatic rings. The van der Waals surface area contributed by atoms with Gasteiger partial charge in [0.25, 0.3) is 0 Å². The maximum absolute atomic E-state index is 13.0. The lowest BCUT2D eigenvalue weighted by Gasteiger charge is -2.03. The molecule has 0 aliphatic heterocycles. The third-order valence-corrected chi connectivity index (χ3v) is 4.68. The molecule has 0 aliphatic rings. The highest BCUT2D eigenvalue weighted by Crippen LogP contribution is 2.37. The van der Waals surface area contributed by atoms with Gasteiger partial charge in [-0.15, -0.1) is 0 Å². The molecule has 0 amide bonds. The van der Waals surface area contributed by atoms with Gasteiger partial charge in [-0.1, -0.05) is 24.3 Å². The fourth-order valence-electron chi connectivity index (χ4n) is 3.40. The van der Waals surface area contributed by atoms with Crippen LogP contribution in [0.15, 0.2) is 59.0 Å². The third kappa shape index (κ3) is 2.31. The van der Waals surface area contributed by atoms with Crippen LogP contribution in [0.5, 0.6) is 0 Å². The van der Waals surface area contributed by atoms with Crippen molar-refractivity contribution in [3.63, 3.8) is 0 Å². The predicted molar refractivity (Wildman–Crippen MR) is 96.2 cm³/mol. The predicted octanol–water partition coefficient (Wildman–Crippen LogP) is 5.55. The number of fused-ring (bicyclic) bond motifs is 4. The summed E-state index contributed by atoms with van der Waals surface area (Å²) in [7, 11) is 1.90. The molecule has 5 rings (SSSR count). The molecule has 0 N–H and O–H groups in total. The van der Waals surface area contributed by atoms with E-state index in [-0.39, 0.29) is 5.71 Å². The van der Waals surface area contributed by atoms with Gasteiger partial charge >= 0.3 is 6.18 Å². The summed E-state index contributed by atoms with van der Waals surface area (Å²) in [6.45, 7) is 0. The van der Waals surface area contributed by atoms with Crippen LogP contribution in [0.25, 0.3) is 44.5 Å². The molecule has 0 atom stereocenters. The first-order chi connectivity index (χ1) is 12.9. The summed E-state index contributed by atoms with van der Waals surface area (Å²) in [6.07, 6.45) is -4.52. The van der Waals surface area contributed by atoms with Gasteiger partial charge in [0.2, 0.25) is 5.71 Å². The molecular formula is C20H12F3N3O. The molecule has 0 fully saturated rings. The Labute approximate surface area is 150 Å². The standard InChI is InChI=1S/C20H12F3N3O/c1-26-15-8-3-2-7-14(15)24-18(26)13-6-4-5-11-12-9-10-16(20(21,22)23)25-19(12)27-17(11)13/h2-10H,1H3. The van der Waals surface area contributed by atoms with Crippen molar-refractivity contribution < 1.29 is 17.6 Å². The lowest BCUT2D eigenvalue weighted by Crippen LogP contribution is -2.07. The Bertz CT molecular complexity index is 1330. The highest BCUT2D eigenvalue weighted by atomic mass is 19.4. The quantitative estimate of drug-likeness (QED) is 0.390. The van der Waals surface area contributed by atoms with Crippen molar-refractivity contribution in [2.75, 3.05) is 0 Å². The number of halogens is 3. The first-order valence-corrected chi connectivity index (χ1v) is 8.25. The van der Waals surface area contributed by atoms with Crippen molar-refractivity contribution >= 4 is 33.1 Å². The van der Waals surface area contributed by atoms with Crippen LogP contribution in [0.3, 0.4) is 0 Å². The van der Waals surface area contributed by atoms with E-state index in [9.17, 15) is 13.2 Å². The van der Waals surface area contributed by atoms with E-state index in [0.717, 1.165) is 17.1 Å². The summed E-state index contributed by atoms with van der Waals surface area (Å²) < 4.78 is 46.6. The lowest BCUT2D eigenvalue weighted by molar-refractivity contribution is -0.141. The molecule has 0 spiro atoms. The summed E-state index contributed by atoms with van der Waals surface area (Å²) >= 11 is 0. The van der Waals surface area contributed by atoms with Crippen molar-refractivity contribution in [3.8, 4) is 11.4 Å². The number of benzene rings is 2. The van der Waals surface area contributed by atoms with Crippen LogP contribution in [0.4, 0.5) is 13.2 Å². The van der Waals surface area contributed by atoms with Crippen LogP contribution in [0, 0.1) is 0 Å². The first-order valence-electron chi connectivity index (χ1n) is 8.25. The molecule has 4 nitrogen and oxygen atoms in total. The highest BCUT2D eigenvalue weighted by Gasteiger charge is 2.33. The molecule has 27 heavy (non-hydrogen) atoms. The Balaban J connectivity index is 1.81. The fraction of sp³-hybridized carbons (Fsp3) is 0.100. The van der Waals surface area contributed by atoms with Gasteiger partial charge in [0, 0.05) is 17.8 Å². The van der Waals surface area contributed by atoms with Gasteiger partial charge < -0.3 is 8.98 Å². The molecule has 0 saturated carbocycles. The van der Waals surface area contributed by atoms with Crippen molar-refractivity contribution in [1.82, 2.24) is 14.5 Å². The summed E-state index contributed by atoms with van der Waals surface area (Å²) in [5.41, 5.74) is 1.96. The van der Waals surface area contributed by atoms with Gasteiger partial charge in [-0.2, -0.15) is 13.2 Å². The highest BCUT2D eigenvalue weighted by molar-refractivity contribution is 6.08. The molecule has 0 saturated heterocycles. The van der Waals surface area contributed by atoms with Gasteiger partial charge in [0.15, 0.2) is 0 Å². The van der Waals surface area contributed by atoms with Crippen molar-refractivity contribution in [1.29, 1.82) is 0 Å². The third-order valence-electron chi connectivity index (χ3n) is 4.68. The van der Waals surface area contributed by atoms with Crippen LogP contribution in [0.2, 0.25) is 0 Å². The van der Waals surface area contributed by atoms with E-state index >= 15 is 0 Å². The number of aromatic nitrogens is 3. The van der Waals surface area contributed by atoms with Crippen LogP contribution in [-0.2, 0) is 13.2 Å². The number of nitrogens with zero attached hydrogens (tertiary/aromatic N) is 3. The number of alkyl halides is 3. The molecule has 7 heteroatoms. The Morgan fingerprint density at radius 1 is 0.889 bits per heavy atom. The molecule has 0 bridgehead atoms. The Morgan fingerprint density at radius 2 is 1.70 bits per heavy atom. The second-order valence-electron chi connectivity index (χ2n) is 6.31. The Kier molecular flexibility index (Phi) is 3.13. The summed E-state index contributed by atoms with van der Waals surface area (Å²) in [6, 6.07) is 15.6. The van der Waals surface area contributed by atoms with Gasteiger partial charge in [-0.05, 0) is 30.3 Å². The average molecular weight is 367 g/mol. The zero-order chi connectivity index (χ0) is 18.8. The minimum atomic E-state index is -4.52. The molecule has 134 valence electrons. The SMILES string of the molecule is Cn1c(-c2cccc3c2oc2nc(C(F)(F)F)ccc23)nc2ccccc21. The number of hydrogen-bond acceptors (Lipinski definition) is 3. The van der Waals surface area contributed by atoms with E-state index < -0.39 is 11.9 Å². The second kappa shape index (κ2) is 5.33. The molecule has 2 aromatic carbocycles. The van der Waals surface area contributed by atoms with E-state index in [1.54, 1.807) is 0 Å². The summed E-state index contributed by atoms with van der Waals surface area (Å²) in [4.78, 5) is 8.33. The summed E-state index contributed by atoms with van der Waals surface area (Å²) in [5, 5.41) is 1.24. The zero-order valence-corrected chi connectivity index (χ0v) is 14.1. The number of imidazole rings is 1. The van der Waals surface area contributed by atoms with E-state index in [2.05, 4.69) is 9.97 Å². The van der Waals surface area contributed by atoms with Crippen LogP contribution in [-0.4, -0.2) is 14.5 Å². The van der Waals surface area contributed by atoms with Gasteiger partial charge in [-0.25, -0.2) is 9.97 Å². The van der Waals surface area contributed by atoms with E-state index in [0.29, 0.717) is 27.7 Å². The smallest absolute Gasteiger partial charge is 0.433 e. The molecular weight excluding hydrogens is 355 g/mol.